The molecule has 0 aliphatic carbocycles. The molecule has 0 aliphatic heterocycles. The van der Waals surface area contributed by atoms with Crippen LogP contribution in [0.5, 0.6) is 23.0 Å². The first kappa shape index (κ1) is 24.3. The number of carbonyl (C=O) groups excluding carboxylic acids is 1. The van der Waals surface area contributed by atoms with Crippen LogP contribution in [0.4, 0.5) is 20.2 Å². The van der Waals surface area contributed by atoms with Crippen LogP contribution >= 0.6 is 0 Å². The molecule has 1 N–H and O–H groups in total. The Kier molecular flexibility index (Phi) is 6.91. The van der Waals surface area contributed by atoms with Crippen LogP contribution in [-0.4, -0.2) is 20.6 Å². The van der Waals surface area contributed by atoms with Crippen molar-refractivity contribution in [2.24, 2.45) is 0 Å². The number of ether oxygens (including phenoxy) is 2. The number of rotatable bonds is 8. The topological polar surface area (TPSA) is 109 Å². The number of hydrogen-bond donors (Lipinski definition) is 1. The third-order valence-corrected chi connectivity index (χ3v) is 5.08. The summed E-state index contributed by atoms with van der Waals surface area (Å²) in [6, 6.07) is 15.3. The van der Waals surface area contributed by atoms with Crippen LogP contribution in [0.2, 0.25) is 0 Å². The first-order chi connectivity index (χ1) is 17.2. The predicted molar refractivity (Wildman–Crippen MR) is 126 cm³/mol. The van der Waals surface area contributed by atoms with Crippen molar-refractivity contribution < 1.29 is 28.0 Å². The number of anilines is 1. The Hall–Kier alpha value is -4.80. The molecule has 0 radical (unpaired) electrons. The second kappa shape index (κ2) is 10.2. The van der Waals surface area contributed by atoms with Gasteiger partial charge >= 0.3 is 5.69 Å². The maximum Gasteiger partial charge on any atom is 0.312 e. The van der Waals surface area contributed by atoms with Gasteiger partial charge in [-0.1, -0.05) is 0 Å². The van der Waals surface area contributed by atoms with Crippen LogP contribution in [0.25, 0.3) is 0 Å². The Labute approximate surface area is 204 Å². The number of nitrogens with one attached hydrogen (secondary N) is 1. The first-order valence-corrected chi connectivity index (χ1v) is 10.7. The highest BCUT2D eigenvalue weighted by atomic mass is 19.1. The summed E-state index contributed by atoms with van der Waals surface area (Å²) in [4.78, 5) is 23.4. The van der Waals surface area contributed by atoms with Gasteiger partial charge in [-0.05, 0) is 62.4 Å². The molecule has 4 aromatic rings. The summed E-state index contributed by atoms with van der Waals surface area (Å²) < 4.78 is 39.3. The van der Waals surface area contributed by atoms with E-state index in [2.05, 4.69) is 10.4 Å². The van der Waals surface area contributed by atoms with Gasteiger partial charge in [0.2, 0.25) is 5.91 Å². The van der Waals surface area contributed by atoms with E-state index < -0.39 is 22.5 Å². The Morgan fingerprint density at radius 2 is 1.42 bits per heavy atom. The zero-order valence-corrected chi connectivity index (χ0v) is 19.2. The van der Waals surface area contributed by atoms with Gasteiger partial charge in [0.15, 0.2) is 0 Å². The maximum atomic E-state index is 13.3. The van der Waals surface area contributed by atoms with Gasteiger partial charge in [-0.2, -0.15) is 5.10 Å². The molecule has 11 heteroatoms. The largest absolute Gasteiger partial charge is 0.457 e. The molecule has 0 fully saturated rings. The second-order valence-electron chi connectivity index (χ2n) is 7.79. The summed E-state index contributed by atoms with van der Waals surface area (Å²) in [5.74, 6) is -0.0926. The van der Waals surface area contributed by atoms with Gasteiger partial charge in [-0.3, -0.25) is 19.6 Å². The zero-order valence-electron chi connectivity index (χ0n) is 19.2. The Balaban J connectivity index is 1.58. The molecule has 36 heavy (non-hydrogen) atoms. The van der Waals surface area contributed by atoms with Crippen molar-refractivity contribution in [1.82, 2.24) is 9.78 Å². The molecule has 0 unspecified atom stereocenters. The predicted octanol–water partition coefficient (Wildman–Crippen LogP) is 5.91. The fourth-order valence-corrected chi connectivity index (χ4v) is 3.48. The summed E-state index contributed by atoms with van der Waals surface area (Å²) in [5.41, 5.74) is 0.608. The molecule has 0 spiro atoms. The Morgan fingerprint density at radius 1 is 0.917 bits per heavy atom. The van der Waals surface area contributed by atoms with Crippen LogP contribution in [0.3, 0.4) is 0 Å². The highest BCUT2D eigenvalue weighted by Gasteiger charge is 2.23. The minimum atomic E-state index is -0.540. The molecule has 9 nitrogen and oxygen atoms in total. The van der Waals surface area contributed by atoms with Crippen LogP contribution in [-0.2, 0) is 11.3 Å². The van der Waals surface area contributed by atoms with Crippen LogP contribution in [0.15, 0.2) is 66.7 Å². The lowest BCUT2D eigenvalue weighted by atomic mass is 10.2. The normalized spacial score (nSPS) is 10.7. The minimum Gasteiger partial charge on any atom is -0.457 e. The van der Waals surface area contributed by atoms with Crippen molar-refractivity contribution in [2.75, 3.05) is 5.32 Å². The number of hydrogen-bond acceptors (Lipinski definition) is 6. The van der Waals surface area contributed by atoms with E-state index in [0.29, 0.717) is 17.2 Å². The quantitative estimate of drug-likeness (QED) is 0.241. The molecular formula is C25H20F2N4O5. The van der Waals surface area contributed by atoms with Gasteiger partial charge in [-0.15, -0.1) is 0 Å². The average Bonchev–Trinajstić information content (AvgIpc) is 3.09. The fourth-order valence-electron chi connectivity index (χ4n) is 3.48. The molecule has 0 saturated heterocycles. The van der Waals surface area contributed by atoms with Crippen molar-refractivity contribution in [1.29, 1.82) is 0 Å². The Morgan fingerprint density at radius 3 is 1.86 bits per heavy atom. The van der Waals surface area contributed by atoms with E-state index in [9.17, 15) is 23.7 Å². The van der Waals surface area contributed by atoms with Crippen molar-refractivity contribution >= 4 is 17.3 Å². The van der Waals surface area contributed by atoms with Crippen molar-refractivity contribution in [3.05, 3.63) is 99.9 Å². The number of halogens is 2. The van der Waals surface area contributed by atoms with Crippen LogP contribution in [0.1, 0.15) is 11.4 Å². The molecule has 184 valence electrons. The third kappa shape index (κ3) is 5.81. The minimum absolute atomic E-state index is 0.146. The average molecular weight is 494 g/mol. The molecule has 0 atom stereocenters. The van der Waals surface area contributed by atoms with E-state index in [1.165, 1.54) is 79.2 Å². The van der Waals surface area contributed by atoms with E-state index in [-0.39, 0.29) is 35.1 Å². The lowest BCUT2D eigenvalue weighted by Gasteiger charge is -2.13. The number of carbonyl (C=O) groups is 1. The zero-order chi connectivity index (χ0) is 25.8. The smallest absolute Gasteiger partial charge is 0.312 e. The van der Waals surface area contributed by atoms with Crippen LogP contribution in [0, 0.1) is 35.6 Å². The second-order valence-corrected chi connectivity index (χ2v) is 7.79. The molecule has 1 aromatic heterocycles. The molecular weight excluding hydrogens is 474 g/mol. The lowest BCUT2D eigenvalue weighted by molar-refractivity contribution is -0.386. The molecule has 0 saturated carbocycles. The molecule has 3 aromatic carbocycles. The summed E-state index contributed by atoms with van der Waals surface area (Å²) in [6.45, 7) is 2.74. The van der Waals surface area contributed by atoms with E-state index in [4.69, 9.17) is 9.47 Å². The van der Waals surface area contributed by atoms with Gasteiger partial charge in [-0.25, -0.2) is 8.78 Å². The van der Waals surface area contributed by atoms with Crippen LogP contribution < -0.4 is 14.8 Å². The lowest BCUT2D eigenvalue weighted by Crippen LogP contribution is -2.20. The van der Waals surface area contributed by atoms with Crippen molar-refractivity contribution in [3.63, 3.8) is 0 Å². The monoisotopic (exact) mass is 494 g/mol. The van der Waals surface area contributed by atoms with Crippen molar-refractivity contribution in [3.8, 4) is 23.0 Å². The number of nitro groups is 1. The fraction of sp³-hybridized carbons (Fsp3) is 0.120. The highest BCUT2D eigenvalue weighted by Crippen LogP contribution is 2.33. The first-order valence-electron chi connectivity index (χ1n) is 10.7. The summed E-state index contributed by atoms with van der Waals surface area (Å²) in [5, 5.41) is 18.0. The molecule has 1 amide bonds. The Bertz CT molecular complexity index is 1350. The number of amides is 1. The number of benzene rings is 3. The number of aromatic nitrogens is 2. The van der Waals surface area contributed by atoms with Gasteiger partial charge in [0.05, 0.1) is 4.92 Å². The molecule has 0 aliphatic rings. The summed E-state index contributed by atoms with van der Waals surface area (Å²) in [7, 11) is 0. The summed E-state index contributed by atoms with van der Waals surface area (Å²) >= 11 is 0. The van der Waals surface area contributed by atoms with Gasteiger partial charge in [0.1, 0.15) is 52.6 Å². The van der Waals surface area contributed by atoms with E-state index in [1.807, 2.05) is 0 Å². The highest BCUT2D eigenvalue weighted by molar-refractivity contribution is 5.91. The SMILES string of the molecule is Cc1nn(CC(=O)Nc2cc(Oc3ccc(F)cc3)cc(Oc3ccc(F)cc3)c2)c(C)c1[N+](=O)[O-]. The van der Waals surface area contributed by atoms with E-state index >= 15 is 0 Å². The molecule has 4 rings (SSSR count). The van der Waals surface area contributed by atoms with E-state index in [0.717, 1.165) is 0 Å². The summed E-state index contributed by atoms with van der Waals surface area (Å²) in [6.07, 6.45) is 0. The molecule has 0 bridgehead atoms. The molecule has 1 heterocycles. The van der Waals surface area contributed by atoms with Gasteiger partial charge in [0.25, 0.3) is 0 Å². The van der Waals surface area contributed by atoms with Gasteiger partial charge < -0.3 is 14.8 Å². The third-order valence-electron chi connectivity index (χ3n) is 5.08. The van der Waals surface area contributed by atoms with Crippen molar-refractivity contribution in [2.45, 2.75) is 20.4 Å². The number of nitrogens with zero attached hydrogens (tertiary/aromatic N) is 3. The standard InChI is InChI=1S/C25H20F2N4O5/c1-15-25(31(33)34)16(2)30(29-15)14-24(32)28-19-11-22(35-20-7-3-17(26)4-8-20)13-23(12-19)36-21-9-5-18(27)6-10-21/h3-13H,14H2,1-2H3,(H,28,32). The van der Waals surface area contributed by atoms with E-state index in [1.54, 1.807) is 6.07 Å². The van der Waals surface area contributed by atoms with Gasteiger partial charge in [0, 0.05) is 23.9 Å². The maximum absolute atomic E-state index is 13.3. The number of aryl methyl sites for hydroxylation is 1.